The lowest BCUT2D eigenvalue weighted by molar-refractivity contribution is -0.139. The summed E-state index contributed by atoms with van der Waals surface area (Å²) in [4.78, 5) is 42.6. The smallest absolute Gasteiger partial charge is 0.326 e. The van der Waals surface area contributed by atoms with E-state index in [1.165, 1.54) is 0 Å². The Morgan fingerprint density at radius 3 is 2.39 bits per heavy atom. The number of amides is 1. The molecule has 1 unspecified atom stereocenters. The zero-order valence-electron chi connectivity index (χ0n) is 14.3. The Morgan fingerprint density at radius 1 is 1.35 bits per heavy atom. The summed E-state index contributed by atoms with van der Waals surface area (Å²) in [5, 5.41) is 11.6. The number of unbranched alkanes of at least 4 members (excludes halogenated alkanes) is 1. The van der Waals surface area contributed by atoms with Crippen molar-refractivity contribution in [3.8, 4) is 0 Å². The zero-order valence-corrected chi connectivity index (χ0v) is 14.3. The Bertz CT molecular complexity index is 644. The molecule has 128 valence electrons. The van der Waals surface area contributed by atoms with E-state index in [9.17, 15) is 14.4 Å². The average Bonchev–Trinajstić information content (AvgIpc) is 2.41. The number of nitrogens with zero attached hydrogens (tertiary/aromatic N) is 1. The van der Waals surface area contributed by atoms with Gasteiger partial charge >= 0.3 is 5.97 Å². The molecule has 0 spiro atoms. The molecule has 1 aromatic rings. The zero-order chi connectivity index (χ0) is 17.8. The summed E-state index contributed by atoms with van der Waals surface area (Å²) in [5.41, 5.74) is -0.764. The second-order valence-electron chi connectivity index (χ2n) is 6.63. The summed E-state index contributed by atoms with van der Waals surface area (Å²) >= 11 is 0. The summed E-state index contributed by atoms with van der Waals surface area (Å²) in [5.74, 6) is -1.34. The van der Waals surface area contributed by atoms with Crippen molar-refractivity contribution in [3.63, 3.8) is 0 Å². The van der Waals surface area contributed by atoms with Gasteiger partial charge in [0.2, 0.25) is 0 Å². The molecule has 23 heavy (non-hydrogen) atoms. The van der Waals surface area contributed by atoms with E-state index in [1.54, 1.807) is 6.92 Å². The Hall–Kier alpha value is -2.18. The van der Waals surface area contributed by atoms with Gasteiger partial charge in [0, 0.05) is 5.41 Å². The first-order chi connectivity index (χ1) is 10.6. The standard InChI is InChI=1S/C16H25N3O4/c1-6-7-8-10(14(22)23)18-12(20)11-9(2)17-15(16(3,4)5)19-13(11)21/h10H,6-8H2,1-5H3,(H,18,20)(H,22,23)(H,17,19,21). The molecule has 0 aliphatic carbocycles. The number of carbonyl (C=O) groups is 2. The van der Waals surface area contributed by atoms with Gasteiger partial charge in [-0.1, -0.05) is 40.5 Å². The molecule has 0 fully saturated rings. The lowest BCUT2D eigenvalue weighted by Gasteiger charge is -2.19. The number of carboxylic acid groups (broad SMARTS) is 1. The van der Waals surface area contributed by atoms with Gasteiger partial charge < -0.3 is 15.4 Å². The SMILES string of the molecule is CCCCC(NC(=O)c1c(C)nc(C(C)(C)C)[nH]c1=O)C(=O)O. The fourth-order valence-corrected chi connectivity index (χ4v) is 2.10. The minimum absolute atomic E-state index is 0.138. The minimum atomic E-state index is -1.11. The quantitative estimate of drug-likeness (QED) is 0.738. The summed E-state index contributed by atoms with van der Waals surface area (Å²) in [6, 6.07) is -1.01. The highest BCUT2D eigenvalue weighted by Gasteiger charge is 2.25. The number of carbonyl (C=O) groups excluding carboxylic acids is 1. The van der Waals surface area contributed by atoms with E-state index in [0.29, 0.717) is 18.7 Å². The highest BCUT2D eigenvalue weighted by atomic mass is 16.4. The molecule has 0 aliphatic heterocycles. The van der Waals surface area contributed by atoms with E-state index in [2.05, 4.69) is 15.3 Å². The van der Waals surface area contributed by atoms with Gasteiger partial charge in [-0.25, -0.2) is 9.78 Å². The van der Waals surface area contributed by atoms with Crippen LogP contribution in [0, 0.1) is 6.92 Å². The van der Waals surface area contributed by atoms with Crippen molar-refractivity contribution in [3.05, 3.63) is 27.4 Å². The minimum Gasteiger partial charge on any atom is -0.480 e. The average molecular weight is 323 g/mol. The van der Waals surface area contributed by atoms with E-state index < -0.39 is 23.5 Å². The van der Waals surface area contributed by atoms with Crippen LogP contribution in [0.2, 0.25) is 0 Å². The van der Waals surface area contributed by atoms with Gasteiger partial charge in [0.25, 0.3) is 11.5 Å². The highest BCUT2D eigenvalue weighted by molar-refractivity contribution is 5.97. The van der Waals surface area contributed by atoms with Crippen LogP contribution in [0.15, 0.2) is 4.79 Å². The lowest BCUT2D eigenvalue weighted by Crippen LogP contribution is -2.43. The fourth-order valence-electron chi connectivity index (χ4n) is 2.10. The van der Waals surface area contributed by atoms with E-state index >= 15 is 0 Å². The molecule has 0 aliphatic rings. The first-order valence-electron chi connectivity index (χ1n) is 7.73. The number of hydrogen-bond donors (Lipinski definition) is 3. The predicted molar refractivity (Wildman–Crippen MR) is 86.7 cm³/mol. The number of aliphatic carboxylic acids is 1. The van der Waals surface area contributed by atoms with Crippen LogP contribution in [0.25, 0.3) is 0 Å². The van der Waals surface area contributed by atoms with Gasteiger partial charge in [0.1, 0.15) is 17.4 Å². The maximum atomic E-state index is 12.3. The van der Waals surface area contributed by atoms with Crippen molar-refractivity contribution >= 4 is 11.9 Å². The van der Waals surface area contributed by atoms with Crippen LogP contribution in [0.5, 0.6) is 0 Å². The van der Waals surface area contributed by atoms with Crippen LogP contribution in [-0.4, -0.2) is 33.0 Å². The molecular formula is C16H25N3O4. The van der Waals surface area contributed by atoms with Gasteiger partial charge in [0.15, 0.2) is 0 Å². The number of rotatable bonds is 6. The molecular weight excluding hydrogens is 298 g/mol. The maximum Gasteiger partial charge on any atom is 0.326 e. The number of aromatic nitrogens is 2. The number of hydrogen-bond acceptors (Lipinski definition) is 4. The van der Waals surface area contributed by atoms with Crippen LogP contribution >= 0.6 is 0 Å². The molecule has 0 aromatic carbocycles. The molecule has 1 amide bonds. The second-order valence-corrected chi connectivity index (χ2v) is 6.63. The Balaban J connectivity index is 3.09. The van der Waals surface area contributed by atoms with Gasteiger partial charge in [-0.2, -0.15) is 0 Å². The number of nitrogens with one attached hydrogen (secondary N) is 2. The molecule has 1 heterocycles. The topological polar surface area (TPSA) is 112 Å². The summed E-state index contributed by atoms with van der Waals surface area (Å²) in [6.45, 7) is 9.20. The van der Waals surface area contributed by atoms with Crippen molar-refractivity contribution in [1.82, 2.24) is 15.3 Å². The predicted octanol–water partition coefficient (Wildman–Crippen LogP) is 1.75. The molecule has 0 saturated heterocycles. The van der Waals surface area contributed by atoms with Crippen molar-refractivity contribution in [2.75, 3.05) is 0 Å². The van der Waals surface area contributed by atoms with Gasteiger partial charge in [-0.15, -0.1) is 0 Å². The third-order valence-electron chi connectivity index (χ3n) is 3.49. The molecule has 1 aromatic heterocycles. The molecule has 1 rings (SSSR count). The second kappa shape index (κ2) is 7.39. The fraction of sp³-hybridized carbons (Fsp3) is 0.625. The molecule has 0 radical (unpaired) electrons. The molecule has 3 N–H and O–H groups in total. The summed E-state index contributed by atoms with van der Waals surface area (Å²) < 4.78 is 0. The number of carboxylic acids is 1. The molecule has 7 nitrogen and oxygen atoms in total. The normalized spacial score (nSPS) is 12.7. The first-order valence-corrected chi connectivity index (χ1v) is 7.73. The summed E-state index contributed by atoms with van der Waals surface area (Å²) in [6.07, 6.45) is 1.82. The van der Waals surface area contributed by atoms with Gasteiger partial charge in [-0.3, -0.25) is 9.59 Å². The van der Waals surface area contributed by atoms with Crippen LogP contribution in [0.1, 0.15) is 68.8 Å². The largest absolute Gasteiger partial charge is 0.480 e. The van der Waals surface area contributed by atoms with E-state index in [1.807, 2.05) is 27.7 Å². The van der Waals surface area contributed by atoms with Crippen LogP contribution in [0.3, 0.4) is 0 Å². The molecule has 0 bridgehead atoms. The monoisotopic (exact) mass is 323 g/mol. The number of H-pyrrole nitrogens is 1. The Morgan fingerprint density at radius 2 is 1.96 bits per heavy atom. The molecule has 1 atom stereocenters. The number of aryl methyl sites for hydroxylation is 1. The van der Waals surface area contributed by atoms with Crippen molar-refractivity contribution < 1.29 is 14.7 Å². The van der Waals surface area contributed by atoms with Crippen LogP contribution < -0.4 is 10.9 Å². The summed E-state index contributed by atoms with van der Waals surface area (Å²) in [7, 11) is 0. The van der Waals surface area contributed by atoms with E-state index in [0.717, 1.165) is 6.42 Å². The van der Waals surface area contributed by atoms with Gasteiger partial charge in [-0.05, 0) is 13.3 Å². The van der Waals surface area contributed by atoms with E-state index in [4.69, 9.17) is 5.11 Å². The van der Waals surface area contributed by atoms with E-state index in [-0.39, 0.29) is 16.7 Å². The Labute approximate surface area is 135 Å². The lowest BCUT2D eigenvalue weighted by atomic mass is 9.95. The third kappa shape index (κ3) is 4.91. The Kier molecular flexibility index (Phi) is 6.06. The number of aromatic amines is 1. The van der Waals surface area contributed by atoms with Crippen molar-refractivity contribution in [2.45, 2.75) is 65.3 Å². The third-order valence-corrected chi connectivity index (χ3v) is 3.49. The maximum absolute atomic E-state index is 12.3. The molecule has 0 saturated carbocycles. The molecule has 7 heteroatoms. The van der Waals surface area contributed by atoms with Crippen LogP contribution in [-0.2, 0) is 10.2 Å². The van der Waals surface area contributed by atoms with Crippen molar-refractivity contribution in [1.29, 1.82) is 0 Å². The van der Waals surface area contributed by atoms with Crippen LogP contribution in [0.4, 0.5) is 0 Å². The first kappa shape index (κ1) is 18.9. The van der Waals surface area contributed by atoms with Gasteiger partial charge in [0.05, 0.1) is 5.69 Å². The van der Waals surface area contributed by atoms with Crippen molar-refractivity contribution in [2.24, 2.45) is 0 Å². The highest BCUT2D eigenvalue weighted by Crippen LogP contribution is 2.17.